The zero-order chi connectivity index (χ0) is 14.3. The van der Waals surface area contributed by atoms with E-state index in [1.807, 2.05) is 26.1 Å². The van der Waals surface area contributed by atoms with E-state index in [2.05, 4.69) is 10.0 Å². The summed E-state index contributed by atoms with van der Waals surface area (Å²) in [6, 6.07) is 7.10. The maximum absolute atomic E-state index is 12.0. The highest BCUT2D eigenvalue weighted by Crippen LogP contribution is 2.15. The Bertz CT molecular complexity index is 471. The van der Waals surface area contributed by atoms with Crippen molar-refractivity contribution in [2.45, 2.75) is 24.3 Å². The Morgan fingerprint density at radius 3 is 2.42 bits per heavy atom. The largest absolute Gasteiger partial charge is 0.385 e. The summed E-state index contributed by atoms with van der Waals surface area (Å²) in [5.41, 5.74) is 1.06. The molecule has 0 heterocycles. The van der Waals surface area contributed by atoms with Gasteiger partial charge < -0.3 is 10.1 Å². The molecule has 0 fully saturated rings. The van der Waals surface area contributed by atoms with E-state index in [1.165, 1.54) is 0 Å². The van der Waals surface area contributed by atoms with Crippen molar-refractivity contribution in [3.63, 3.8) is 0 Å². The molecule has 1 unspecified atom stereocenters. The fourth-order valence-corrected chi connectivity index (χ4v) is 2.68. The monoisotopic (exact) mass is 286 g/mol. The Labute approximate surface area is 115 Å². The van der Waals surface area contributed by atoms with Crippen LogP contribution in [0.25, 0.3) is 0 Å². The number of hydrogen-bond acceptors (Lipinski definition) is 4. The molecule has 0 saturated heterocycles. The highest BCUT2D eigenvalue weighted by atomic mass is 32.2. The van der Waals surface area contributed by atoms with Crippen LogP contribution in [-0.4, -0.2) is 35.7 Å². The van der Waals surface area contributed by atoms with Crippen molar-refractivity contribution in [2.75, 3.05) is 27.3 Å². The minimum absolute atomic E-state index is 0.200. The average Bonchev–Trinajstić information content (AvgIpc) is 2.43. The first kappa shape index (κ1) is 16.1. The Kier molecular flexibility index (Phi) is 6.44. The van der Waals surface area contributed by atoms with Crippen molar-refractivity contribution in [3.05, 3.63) is 29.8 Å². The lowest BCUT2D eigenvalue weighted by Crippen LogP contribution is -2.25. The normalized spacial score (nSPS) is 13.4. The second-order valence-electron chi connectivity index (χ2n) is 4.32. The van der Waals surface area contributed by atoms with Gasteiger partial charge in [0.05, 0.1) is 4.90 Å². The molecule has 19 heavy (non-hydrogen) atoms. The second kappa shape index (κ2) is 7.59. The van der Waals surface area contributed by atoms with Gasteiger partial charge in [0.25, 0.3) is 0 Å². The van der Waals surface area contributed by atoms with Gasteiger partial charge in [-0.1, -0.05) is 12.1 Å². The fourth-order valence-electron chi connectivity index (χ4n) is 1.61. The molecule has 0 amide bonds. The van der Waals surface area contributed by atoms with Gasteiger partial charge in [0, 0.05) is 26.3 Å². The van der Waals surface area contributed by atoms with Crippen LogP contribution in [0.5, 0.6) is 0 Å². The number of hydrogen-bond donors (Lipinski definition) is 2. The van der Waals surface area contributed by atoms with Gasteiger partial charge in [-0.25, -0.2) is 13.1 Å². The predicted octanol–water partition coefficient (Wildman–Crippen LogP) is 1.28. The van der Waals surface area contributed by atoms with Gasteiger partial charge in [0.1, 0.15) is 0 Å². The Balaban J connectivity index is 2.68. The molecule has 1 aromatic carbocycles. The molecule has 5 nitrogen and oxygen atoms in total. The van der Waals surface area contributed by atoms with Crippen LogP contribution in [0, 0.1) is 0 Å². The molecule has 108 valence electrons. The summed E-state index contributed by atoms with van der Waals surface area (Å²) in [5.74, 6) is 0. The number of benzene rings is 1. The summed E-state index contributed by atoms with van der Waals surface area (Å²) in [7, 11) is 0.0453. The molecule has 1 aromatic rings. The Morgan fingerprint density at radius 1 is 1.26 bits per heavy atom. The van der Waals surface area contributed by atoms with Crippen LogP contribution >= 0.6 is 0 Å². The zero-order valence-electron chi connectivity index (χ0n) is 11.6. The first-order chi connectivity index (χ1) is 9.01. The smallest absolute Gasteiger partial charge is 0.240 e. The van der Waals surface area contributed by atoms with Crippen LogP contribution in [0.3, 0.4) is 0 Å². The number of rotatable bonds is 8. The van der Waals surface area contributed by atoms with Crippen molar-refractivity contribution in [1.82, 2.24) is 10.0 Å². The summed E-state index contributed by atoms with van der Waals surface area (Å²) in [4.78, 5) is 0.289. The molecular weight excluding hydrogens is 264 g/mol. The first-order valence-electron chi connectivity index (χ1n) is 6.27. The van der Waals surface area contributed by atoms with Crippen LogP contribution in [-0.2, 0) is 14.8 Å². The highest BCUT2D eigenvalue weighted by molar-refractivity contribution is 7.89. The van der Waals surface area contributed by atoms with Crippen molar-refractivity contribution in [2.24, 2.45) is 0 Å². The first-order valence-corrected chi connectivity index (χ1v) is 7.75. The Hall–Kier alpha value is -0.950. The molecule has 6 heteroatoms. The van der Waals surface area contributed by atoms with E-state index in [0.717, 1.165) is 5.56 Å². The molecule has 0 saturated carbocycles. The average molecular weight is 286 g/mol. The molecule has 0 aromatic heterocycles. The summed E-state index contributed by atoms with van der Waals surface area (Å²) < 4.78 is 31.4. The van der Waals surface area contributed by atoms with Gasteiger partial charge in [-0.2, -0.15) is 0 Å². The Morgan fingerprint density at radius 2 is 1.89 bits per heavy atom. The number of ether oxygens (including phenoxy) is 1. The maximum atomic E-state index is 12.0. The molecular formula is C13H22N2O3S. The molecule has 0 aliphatic heterocycles. The predicted molar refractivity (Wildman–Crippen MR) is 75.6 cm³/mol. The van der Waals surface area contributed by atoms with Crippen LogP contribution in [0.4, 0.5) is 0 Å². The van der Waals surface area contributed by atoms with E-state index in [9.17, 15) is 8.42 Å². The van der Waals surface area contributed by atoms with Gasteiger partial charge in [-0.05, 0) is 38.1 Å². The number of nitrogens with one attached hydrogen (secondary N) is 2. The summed E-state index contributed by atoms with van der Waals surface area (Å²) >= 11 is 0. The van der Waals surface area contributed by atoms with Crippen molar-refractivity contribution in [1.29, 1.82) is 0 Å². The maximum Gasteiger partial charge on any atom is 0.240 e. The van der Waals surface area contributed by atoms with Gasteiger partial charge in [-0.15, -0.1) is 0 Å². The number of methoxy groups -OCH3 is 1. The molecule has 1 rings (SSSR count). The van der Waals surface area contributed by atoms with Crippen LogP contribution in [0.2, 0.25) is 0 Å². The van der Waals surface area contributed by atoms with E-state index < -0.39 is 10.0 Å². The topological polar surface area (TPSA) is 67.4 Å². The van der Waals surface area contributed by atoms with Crippen LogP contribution < -0.4 is 10.0 Å². The van der Waals surface area contributed by atoms with Crippen molar-refractivity contribution in [3.8, 4) is 0 Å². The third-order valence-electron chi connectivity index (χ3n) is 2.94. The van der Waals surface area contributed by atoms with E-state index in [-0.39, 0.29) is 10.9 Å². The zero-order valence-corrected chi connectivity index (χ0v) is 12.5. The van der Waals surface area contributed by atoms with E-state index in [1.54, 1.807) is 19.2 Å². The van der Waals surface area contributed by atoms with Crippen LogP contribution in [0.1, 0.15) is 24.9 Å². The summed E-state index contributed by atoms with van der Waals surface area (Å²) in [6.45, 7) is 2.94. The molecule has 1 atom stereocenters. The SMILES string of the molecule is CNC(C)c1ccc(S(=O)(=O)NCCCOC)cc1. The van der Waals surface area contributed by atoms with E-state index in [4.69, 9.17) is 4.74 Å². The van der Waals surface area contributed by atoms with Gasteiger partial charge in [0.15, 0.2) is 0 Å². The van der Waals surface area contributed by atoms with Crippen LogP contribution in [0.15, 0.2) is 29.2 Å². The van der Waals surface area contributed by atoms with Crippen molar-refractivity contribution >= 4 is 10.0 Å². The molecule has 0 bridgehead atoms. The lowest BCUT2D eigenvalue weighted by atomic mass is 10.1. The minimum atomic E-state index is -3.42. The van der Waals surface area contributed by atoms with E-state index in [0.29, 0.717) is 19.6 Å². The van der Waals surface area contributed by atoms with E-state index >= 15 is 0 Å². The fraction of sp³-hybridized carbons (Fsp3) is 0.538. The molecule has 0 aliphatic rings. The quantitative estimate of drug-likeness (QED) is 0.707. The summed E-state index contributed by atoms with van der Waals surface area (Å²) in [5, 5.41) is 3.11. The van der Waals surface area contributed by atoms with Gasteiger partial charge in [0.2, 0.25) is 10.0 Å². The summed E-state index contributed by atoms with van der Waals surface area (Å²) in [6.07, 6.45) is 0.657. The second-order valence-corrected chi connectivity index (χ2v) is 6.09. The third-order valence-corrected chi connectivity index (χ3v) is 4.42. The molecule has 2 N–H and O–H groups in total. The van der Waals surface area contributed by atoms with Crippen molar-refractivity contribution < 1.29 is 13.2 Å². The third kappa shape index (κ3) is 4.91. The molecule has 0 spiro atoms. The lowest BCUT2D eigenvalue weighted by molar-refractivity contribution is 0.196. The molecule has 0 radical (unpaired) electrons. The van der Waals surface area contributed by atoms with Gasteiger partial charge >= 0.3 is 0 Å². The lowest BCUT2D eigenvalue weighted by Gasteiger charge is -2.11. The standard InChI is InChI=1S/C13H22N2O3S/c1-11(14-2)12-5-7-13(8-6-12)19(16,17)15-9-4-10-18-3/h5-8,11,14-15H,4,9-10H2,1-3H3. The molecule has 0 aliphatic carbocycles. The van der Waals surface area contributed by atoms with Gasteiger partial charge in [-0.3, -0.25) is 0 Å². The number of sulfonamides is 1. The minimum Gasteiger partial charge on any atom is -0.385 e. The highest BCUT2D eigenvalue weighted by Gasteiger charge is 2.13.